The highest BCUT2D eigenvalue weighted by atomic mass is 35.5. The van der Waals surface area contributed by atoms with Crippen molar-refractivity contribution in [2.45, 2.75) is 19.8 Å². The van der Waals surface area contributed by atoms with Crippen molar-refractivity contribution >= 4 is 23.2 Å². The molecule has 0 saturated carbocycles. The molecule has 0 N–H and O–H groups in total. The Labute approximate surface area is 187 Å². The van der Waals surface area contributed by atoms with Crippen molar-refractivity contribution in [2.75, 3.05) is 38.2 Å². The minimum Gasteiger partial charge on any atom is -0.497 e. The highest BCUT2D eigenvalue weighted by Crippen LogP contribution is 2.26. The summed E-state index contributed by atoms with van der Waals surface area (Å²) in [5, 5.41) is 0.735. The van der Waals surface area contributed by atoms with E-state index in [1.807, 2.05) is 47.4 Å². The van der Waals surface area contributed by atoms with E-state index in [1.54, 1.807) is 13.3 Å². The molecule has 1 saturated heterocycles. The van der Waals surface area contributed by atoms with Crippen LogP contribution in [0.15, 0.2) is 53.1 Å². The monoisotopic (exact) mass is 439 g/mol. The predicted octanol–water partition coefficient (Wildman–Crippen LogP) is 4.59. The fourth-order valence-corrected chi connectivity index (χ4v) is 3.99. The first-order valence-electron chi connectivity index (χ1n) is 10.4. The van der Waals surface area contributed by atoms with Crippen molar-refractivity contribution in [3.05, 3.63) is 65.1 Å². The minimum absolute atomic E-state index is 0.128. The summed E-state index contributed by atoms with van der Waals surface area (Å²) in [4.78, 5) is 21.2. The SMILES string of the molecule is COc1cccc(-c2cnc(CCC(=O)N3CCN(c4cc(Cl)ccc4C)CC3)o2)c1. The largest absolute Gasteiger partial charge is 0.497 e. The predicted molar refractivity (Wildman–Crippen MR) is 122 cm³/mol. The number of hydrogen-bond donors (Lipinski definition) is 0. The third-order valence-corrected chi connectivity index (χ3v) is 5.84. The fraction of sp³-hybridized carbons (Fsp3) is 0.333. The second-order valence-electron chi connectivity index (χ2n) is 7.65. The Morgan fingerprint density at radius 3 is 2.74 bits per heavy atom. The Morgan fingerprint density at radius 2 is 1.97 bits per heavy atom. The highest BCUT2D eigenvalue weighted by molar-refractivity contribution is 6.30. The van der Waals surface area contributed by atoms with Gasteiger partial charge >= 0.3 is 0 Å². The number of carbonyl (C=O) groups is 1. The second-order valence-corrected chi connectivity index (χ2v) is 8.09. The number of oxazole rings is 1. The molecule has 2 aromatic carbocycles. The zero-order chi connectivity index (χ0) is 21.8. The molecular weight excluding hydrogens is 414 g/mol. The molecule has 3 aromatic rings. The van der Waals surface area contributed by atoms with Crippen LogP contribution in [0, 0.1) is 6.92 Å². The van der Waals surface area contributed by atoms with Crippen LogP contribution in [0.4, 0.5) is 5.69 Å². The van der Waals surface area contributed by atoms with E-state index in [2.05, 4.69) is 16.8 Å². The Morgan fingerprint density at radius 1 is 1.16 bits per heavy atom. The number of ether oxygens (including phenoxy) is 1. The number of anilines is 1. The van der Waals surface area contributed by atoms with Crippen LogP contribution in [-0.4, -0.2) is 49.1 Å². The third kappa shape index (κ3) is 5.02. The van der Waals surface area contributed by atoms with Gasteiger partial charge in [0.1, 0.15) is 5.75 Å². The minimum atomic E-state index is 0.128. The molecule has 1 aliphatic heterocycles. The summed E-state index contributed by atoms with van der Waals surface area (Å²) in [5.74, 6) is 2.13. The van der Waals surface area contributed by atoms with Gasteiger partial charge in [-0.05, 0) is 36.8 Å². The van der Waals surface area contributed by atoms with E-state index in [4.69, 9.17) is 20.8 Å². The number of aryl methyl sites for hydroxylation is 2. The van der Waals surface area contributed by atoms with Gasteiger partial charge < -0.3 is 19.0 Å². The van der Waals surface area contributed by atoms with Gasteiger partial charge in [-0.25, -0.2) is 4.98 Å². The first-order valence-corrected chi connectivity index (χ1v) is 10.8. The van der Waals surface area contributed by atoms with Gasteiger partial charge in [0.25, 0.3) is 0 Å². The van der Waals surface area contributed by atoms with Crippen LogP contribution in [0.1, 0.15) is 17.9 Å². The fourth-order valence-electron chi connectivity index (χ4n) is 3.83. The van der Waals surface area contributed by atoms with Crippen molar-refractivity contribution in [3.8, 4) is 17.1 Å². The third-order valence-electron chi connectivity index (χ3n) is 5.60. The van der Waals surface area contributed by atoms with E-state index in [1.165, 1.54) is 5.56 Å². The maximum absolute atomic E-state index is 12.7. The maximum Gasteiger partial charge on any atom is 0.223 e. The van der Waals surface area contributed by atoms with E-state index in [0.29, 0.717) is 37.6 Å². The lowest BCUT2D eigenvalue weighted by Crippen LogP contribution is -2.49. The topological polar surface area (TPSA) is 58.8 Å². The highest BCUT2D eigenvalue weighted by Gasteiger charge is 2.22. The quantitative estimate of drug-likeness (QED) is 0.562. The molecule has 0 unspecified atom stereocenters. The summed E-state index contributed by atoms with van der Waals surface area (Å²) >= 11 is 6.16. The van der Waals surface area contributed by atoms with Gasteiger partial charge in [-0.2, -0.15) is 0 Å². The summed E-state index contributed by atoms with van der Waals surface area (Å²) in [6.07, 6.45) is 2.56. The van der Waals surface area contributed by atoms with Crippen LogP contribution in [0.25, 0.3) is 11.3 Å². The molecule has 1 aromatic heterocycles. The van der Waals surface area contributed by atoms with Crippen LogP contribution < -0.4 is 9.64 Å². The number of nitrogens with zero attached hydrogens (tertiary/aromatic N) is 3. The Hall–Kier alpha value is -2.99. The zero-order valence-corrected chi connectivity index (χ0v) is 18.6. The molecule has 1 amide bonds. The summed E-state index contributed by atoms with van der Waals surface area (Å²) in [5.41, 5.74) is 3.24. The summed E-state index contributed by atoms with van der Waals surface area (Å²) in [7, 11) is 1.63. The molecule has 6 nitrogen and oxygen atoms in total. The number of halogens is 1. The van der Waals surface area contributed by atoms with Gasteiger partial charge in [-0.15, -0.1) is 0 Å². The van der Waals surface area contributed by atoms with E-state index < -0.39 is 0 Å². The van der Waals surface area contributed by atoms with Crippen molar-refractivity contribution in [2.24, 2.45) is 0 Å². The van der Waals surface area contributed by atoms with Crippen molar-refractivity contribution in [1.82, 2.24) is 9.88 Å². The standard InChI is InChI=1S/C24H26ClN3O3/c1-17-6-7-19(25)15-21(17)27-10-12-28(13-11-27)24(29)9-8-23-26-16-22(31-23)18-4-3-5-20(14-18)30-2/h3-7,14-16H,8-13H2,1-2H3. The summed E-state index contributed by atoms with van der Waals surface area (Å²) < 4.78 is 11.1. The molecule has 162 valence electrons. The number of hydrogen-bond acceptors (Lipinski definition) is 5. The summed E-state index contributed by atoms with van der Waals surface area (Å²) in [6.45, 7) is 5.08. The molecule has 0 spiro atoms. The second kappa shape index (κ2) is 9.43. The first-order chi connectivity index (χ1) is 15.0. The van der Waals surface area contributed by atoms with Gasteiger partial charge in [-0.1, -0.05) is 29.8 Å². The lowest BCUT2D eigenvalue weighted by molar-refractivity contribution is -0.131. The van der Waals surface area contributed by atoms with Gasteiger partial charge in [0.15, 0.2) is 11.7 Å². The number of amides is 1. The van der Waals surface area contributed by atoms with E-state index in [-0.39, 0.29) is 5.91 Å². The van der Waals surface area contributed by atoms with Gasteiger partial charge in [0, 0.05) is 55.3 Å². The van der Waals surface area contributed by atoms with Crippen molar-refractivity contribution < 1.29 is 13.9 Å². The number of benzene rings is 2. The number of rotatable bonds is 6. The number of piperazine rings is 1. The van der Waals surface area contributed by atoms with Crippen LogP contribution in [-0.2, 0) is 11.2 Å². The van der Waals surface area contributed by atoms with E-state index >= 15 is 0 Å². The van der Waals surface area contributed by atoms with Gasteiger partial charge in [0.05, 0.1) is 13.3 Å². The number of aromatic nitrogens is 1. The van der Waals surface area contributed by atoms with Crippen LogP contribution >= 0.6 is 11.6 Å². The zero-order valence-electron chi connectivity index (χ0n) is 17.8. The molecule has 31 heavy (non-hydrogen) atoms. The van der Waals surface area contributed by atoms with Crippen LogP contribution in [0.2, 0.25) is 5.02 Å². The molecule has 7 heteroatoms. The smallest absolute Gasteiger partial charge is 0.223 e. The van der Waals surface area contributed by atoms with Gasteiger partial charge in [-0.3, -0.25) is 4.79 Å². The average molecular weight is 440 g/mol. The molecule has 0 radical (unpaired) electrons. The molecule has 2 heterocycles. The molecule has 4 rings (SSSR count). The number of methoxy groups -OCH3 is 1. The Balaban J connectivity index is 1.30. The molecule has 0 atom stereocenters. The lowest BCUT2D eigenvalue weighted by Gasteiger charge is -2.37. The molecular formula is C24H26ClN3O3. The molecule has 1 aliphatic rings. The summed E-state index contributed by atoms with van der Waals surface area (Å²) in [6, 6.07) is 13.6. The van der Waals surface area contributed by atoms with Crippen molar-refractivity contribution in [1.29, 1.82) is 0 Å². The van der Waals surface area contributed by atoms with Gasteiger partial charge in [0.2, 0.25) is 5.91 Å². The first kappa shape index (κ1) is 21.2. The molecule has 1 fully saturated rings. The number of carbonyl (C=O) groups excluding carboxylic acids is 1. The Bertz CT molecular complexity index is 1060. The lowest BCUT2D eigenvalue weighted by atomic mass is 10.1. The molecule has 0 aliphatic carbocycles. The average Bonchev–Trinajstić information content (AvgIpc) is 3.28. The van der Waals surface area contributed by atoms with E-state index in [0.717, 1.165) is 35.1 Å². The van der Waals surface area contributed by atoms with Crippen LogP contribution in [0.3, 0.4) is 0 Å². The van der Waals surface area contributed by atoms with E-state index in [9.17, 15) is 4.79 Å². The molecule has 0 bridgehead atoms. The normalized spacial score (nSPS) is 14.0. The Kier molecular flexibility index (Phi) is 6.47. The van der Waals surface area contributed by atoms with Crippen molar-refractivity contribution in [3.63, 3.8) is 0 Å². The maximum atomic E-state index is 12.7. The van der Waals surface area contributed by atoms with Crippen LogP contribution in [0.5, 0.6) is 5.75 Å².